The molecule has 4 rings (SSSR count). The number of allylic oxidation sites excluding steroid dienone is 1. The maximum atomic E-state index is 12.9. The number of fused-ring (bicyclic) bond motifs is 3. The predicted octanol–water partition coefficient (Wildman–Crippen LogP) is 2.18. The van der Waals surface area contributed by atoms with Crippen molar-refractivity contribution in [3.05, 3.63) is 72.3 Å². The lowest BCUT2D eigenvalue weighted by Gasteiger charge is -2.22. The van der Waals surface area contributed by atoms with Gasteiger partial charge < -0.3 is 25.8 Å². The molecule has 4 N–H and O–H groups in total. The molecule has 1 saturated heterocycles. The number of nitrogens with one attached hydrogen (secondary N) is 3. The number of amides is 3. The van der Waals surface area contributed by atoms with Crippen LogP contribution in [0.3, 0.4) is 0 Å². The molecular formula is C26H27N3O6. The van der Waals surface area contributed by atoms with E-state index in [4.69, 9.17) is 4.74 Å². The van der Waals surface area contributed by atoms with E-state index in [-0.39, 0.29) is 25.5 Å². The lowest BCUT2D eigenvalue weighted by Crippen LogP contribution is -2.53. The summed E-state index contributed by atoms with van der Waals surface area (Å²) in [5, 5.41) is 16.8. The summed E-state index contributed by atoms with van der Waals surface area (Å²) in [7, 11) is 0. The number of alkyl carbamates (subject to hydrolysis) is 1. The number of ether oxygens (including phenoxy) is 1. The normalized spacial score (nSPS) is 19.1. The minimum absolute atomic E-state index is 0.0732. The zero-order chi connectivity index (χ0) is 24.9. The summed E-state index contributed by atoms with van der Waals surface area (Å²) in [6, 6.07) is 13.7. The Balaban J connectivity index is 1.41. The largest absolute Gasteiger partial charge is 0.481 e. The van der Waals surface area contributed by atoms with Crippen LogP contribution in [0.2, 0.25) is 0 Å². The third kappa shape index (κ3) is 5.03. The van der Waals surface area contributed by atoms with Crippen molar-refractivity contribution in [3.63, 3.8) is 0 Å². The van der Waals surface area contributed by atoms with Crippen molar-refractivity contribution in [2.45, 2.75) is 30.8 Å². The van der Waals surface area contributed by atoms with E-state index in [1.807, 2.05) is 48.5 Å². The van der Waals surface area contributed by atoms with Crippen molar-refractivity contribution in [2.75, 3.05) is 13.2 Å². The van der Waals surface area contributed by atoms with Crippen molar-refractivity contribution in [1.29, 1.82) is 0 Å². The summed E-state index contributed by atoms with van der Waals surface area (Å²) in [4.78, 5) is 48.9. The number of hydrogen-bond acceptors (Lipinski definition) is 5. The Morgan fingerprint density at radius 3 is 2.34 bits per heavy atom. The quantitative estimate of drug-likeness (QED) is 0.409. The van der Waals surface area contributed by atoms with Gasteiger partial charge in [-0.2, -0.15) is 0 Å². The smallest absolute Gasteiger partial charge is 0.407 e. The highest BCUT2D eigenvalue weighted by molar-refractivity contribution is 5.96. The first-order valence-corrected chi connectivity index (χ1v) is 11.4. The Morgan fingerprint density at radius 1 is 1.11 bits per heavy atom. The third-order valence-electron chi connectivity index (χ3n) is 6.41. The van der Waals surface area contributed by atoms with E-state index in [0.717, 1.165) is 22.3 Å². The second-order valence-electron chi connectivity index (χ2n) is 8.56. The standard InChI is InChI=1S/C26H27N3O6/c1-2-3-12-21(23(30)29-22-19(25(32)33)13-27-24(22)31)28-26(34)35-14-20-17-10-6-4-8-15(17)16-9-5-7-11-18(16)20/h2,4-11,19-22H,1,3,12-14H2,(H,27,31)(H,28,34)(H,29,30)(H,32,33). The molecule has 1 aliphatic carbocycles. The lowest BCUT2D eigenvalue weighted by atomic mass is 9.98. The van der Waals surface area contributed by atoms with E-state index < -0.39 is 41.9 Å². The van der Waals surface area contributed by atoms with Gasteiger partial charge in [0.15, 0.2) is 0 Å². The van der Waals surface area contributed by atoms with Crippen LogP contribution in [0.1, 0.15) is 29.9 Å². The summed E-state index contributed by atoms with van der Waals surface area (Å²) >= 11 is 0. The van der Waals surface area contributed by atoms with Crippen LogP contribution >= 0.6 is 0 Å². The number of carbonyl (C=O) groups is 4. The van der Waals surface area contributed by atoms with Crippen molar-refractivity contribution < 1.29 is 29.0 Å². The Bertz CT molecular complexity index is 1120. The molecule has 3 atom stereocenters. The first kappa shape index (κ1) is 24.0. The SMILES string of the molecule is C=CCCC(NC(=O)OCC1c2ccccc2-c2ccccc21)C(=O)NC1C(=O)NCC1C(=O)O. The highest BCUT2D eigenvalue weighted by atomic mass is 16.5. The molecule has 2 aromatic rings. The molecule has 2 aliphatic rings. The van der Waals surface area contributed by atoms with Gasteiger partial charge >= 0.3 is 12.1 Å². The molecule has 0 bridgehead atoms. The summed E-state index contributed by atoms with van der Waals surface area (Å²) < 4.78 is 5.52. The van der Waals surface area contributed by atoms with E-state index >= 15 is 0 Å². The van der Waals surface area contributed by atoms with Gasteiger partial charge in [0.1, 0.15) is 24.6 Å². The molecule has 0 radical (unpaired) electrons. The first-order valence-electron chi connectivity index (χ1n) is 11.4. The van der Waals surface area contributed by atoms with Crippen LogP contribution in [0.5, 0.6) is 0 Å². The van der Waals surface area contributed by atoms with Gasteiger partial charge in [-0.05, 0) is 35.1 Å². The van der Waals surface area contributed by atoms with Gasteiger partial charge in [0.05, 0.1) is 0 Å². The van der Waals surface area contributed by atoms with Crippen LogP contribution in [0.25, 0.3) is 11.1 Å². The van der Waals surface area contributed by atoms with E-state index in [2.05, 4.69) is 22.5 Å². The highest BCUT2D eigenvalue weighted by Crippen LogP contribution is 2.44. The van der Waals surface area contributed by atoms with E-state index in [0.29, 0.717) is 6.42 Å². The molecule has 1 fully saturated rings. The molecule has 35 heavy (non-hydrogen) atoms. The zero-order valence-electron chi connectivity index (χ0n) is 19.0. The molecule has 0 spiro atoms. The number of carboxylic acids is 1. The monoisotopic (exact) mass is 477 g/mol. The first-order chi connectivity index (χ1) is 16.9. The number of rotatable bonds is 9. The number of aliphatic carboxylic acids is 1. The molecule has 9 heteroatoms. The molecule has 3 amide bonds. The second-order valence-corrected chi connectivity index (χ2v) is 8.56. The Hall–Kier alpha value is -4.14. The van der Waals surface area contributed by atoms with Crippen molar-refractivity contribution in [3.8, 4) is 11.1 Å². The number of carbonyl (C=O) groups excluding carboxylic acids is 3. The fraction of sp³-hybridized carbons (Fsp3) is 0.308. The van der Waals surface area contributed by atoms with Gasteiger partial charge in [-0.1, -0.05) is 54.6 Å². The number of carboxylic acid groups (broad SMARTS) is 1. The molecule has 1 aliphatic heterocycles. The van der Waals surface area contributed by atoms with Gasteiger partial charge in [0.25, 0.3) is 0 Å². The molecule has 1 heterocycles. The van der Waals surface area contributed by atoms with Crippen molar-refractivity contribution in [2.24, 2.45) is 5.92 Å². The van der Waals surface area contributed by atoms with Crippen molar-refractivity contribution in [1.82, 2.24) is 16.0 Å². The van der Waals surface area contributed by atoms with Gasteiger partial charge in [-0.15, -0.1) is 6.58 Å². The number of benzene rings is 2. The average molecular weight is 478 g/mol. The molecule has 182 valence electrons. The minimum atomic E-state index is -1.21. The van der Waals surface area contributed by atoms with Crippen LogP contribution in [0, 0.1) is 5.92 Å². The Kier molecular flexibility index (Phi) is 7.14. The van der Waals surface area contributed by atoms with Gasteiger partial charge in [-0.3, -0.25) is 14.4 Å². The summed E-state index contributed by atoms with van der Waals surface area (Å²) in [6.45, 7) is 3.65. The van der Waals surface area contributed by atoms with Crippen LogP contribution in [-0.2, 0) is 19.1 Å². The minimum Gasteiger partial charge on any atom is -0.481 e. The Labute approximate surface area is 202 Å². The van der Waals surface area contributed by atoms with Gasteiger partial charge in [0.2, 0.25) is 11.8 Å². The molecule has 0 saturated carbocycles. The number of hydrogen-bond donors (Lipinski definition) is 4. The fourth-order valence-electron chi connectivity index (χ4n) is 4.61. The molecule has 2 aromatic carbocycles. The van der Waals surface area contributed by atoms with Crippen LogP contribution in [0.4, 0.5) is 4.79 Å². The second kappa shape index (κ2) is 10.4. The maximum Gasteiger partial charge on any atom is 0.407 e. The van der Waals surface area contributed by atoms with E-state index in [1.54, 1.807) is 6.08 Å². The predicted molar refractivity (Wildman–Crippen MR) is 127 cm³/mol. The fourth-order valence-corrected chi connectivity index (χ4v) is 4.61. The van der Waals surface area contributed by atoms with Crippen LogP contribution in [0.15, 0.2) is 61.2 Å². The lowest BCUT2D eigenvalue weighted by molar-refractivity contribution is -0.143. The summed E-state index contributed by atoms with van der Waals surface area (Å²) in [5.41, 5.74) is 4.33. The summed E-state index contributed by atoms with van der Waals surface area (Å²) in [5.74, 6) is -3.64. The Morgan fingerprint density at radius 2 is 1.74 bits per heavy atom. The molecule has 3 unspecified atom stereocenters. The third-order valence-corrected chi connectivity index (χ3v) is 6.41. The topological polar surface area (TPSA) is 134 Å². The van der Waals surface area contributed by atoms with E-state index in [9.17, 15) is 24.3 Å². The highest BCUT2D eigenvalue weighted by Gasteiger charge is 2.41. The maximum absolute atomic E-state index is 12.9. The molecular weight excluding hydrogens is 450 g/mol. The summed E-state index contributed by atoms with van der Waals surface area (Å²) in [6.07, 6.45) is 1.45. The van der Waals surface area contributed by atoms with Crippen LogP contribution < -0.4 is 16.0 Å². The average Bonchev–Trinajstić information content (AvgIpc) is 3.38. The van der Waals surface area contributed by atoms with Crippen LogP contribution in [-0.4, -0.2) is 54.2 Å². The van der Waals surface area contributed by atoms with Gasteiger partial charge in [0, 0.05) is 12.5 Å². The zero-order valence-corrected chi connectivity index (χ0v) is 19.0. The van der Waals surface area contributed by atoms with E-state index in [1.165, 1.54) is 0 Å². The molecule has 0 aromatic heterocycles. The van der Waals surface area contributed by atoms with Crippen molar-refractivity contribution >= 4 is 23.9 Å². The van der Waals surface area contributed by atoms with Gasteiger partial charge in [-0.25, -0.2) is 4.79 Å². The molecule has 9 nitrogen and oxygen atoms in total.